The Hall–Kier alpha value is -3.46. The monoisotopic (exact) mass is 305 g/mol. The van der Waals surface area contributed by atoms with Gasteiger partial charge in [-0.2, -0.15) is 5.26 Å². The Morgan fingerprint density at radius 3 is 2.78 bits per heavy atom. The van der Waals surface area contributed by atoms with Crippen LogP contribution in [0.1, 0.15) is 5.76 Å². The number of para-hydroxylation sites is 1. The number of hydrogen-bond donors (Lipinski definition) is 0. The van der Waals surface area contributed by atoms with Gasteiger partial charge in [-0.05, 0) is 30.3 Å². The van der Waals surface area contributed by atoms with Crippen LogP contribution in [-0.2, 0) is 0 Å². The molecule has 0 spiro atoms. The van der Waals surface area contributed by atoms with Gasteiger partial charge in [-0.25, -0.2) is 4.39 Å². The van der Waals surface area contributed by atoms with Crippen molar-refractivity contribution >= 4 is 11.0 Å². The van der Waals surface area contributed by atoms with E-state index in [1.807, 2.05) is 30.3 Å². The topological polar surface area (TPSA) is 75.8 Å². The van der Waals surface area contributed by atoms with Crippen molar-refractivity contribution in [3.8, 4) is 28.7 Å². The van der Waals surface area contributed by atoms with Crippen LogP contribution in [0.2, 0.25) is 0 Å². The van der Waals surface area contributed by atoms with Gasteiger partial charge in [-0.3, -0.25) is 0 Å². The Morgan fingerprint density at radius 1 is 1.09 bits per heavy atom. The van der Waals surface area contributed by atoms with Gasteiger partial charge in [0.25, 0.3) is 5.76 Å². The molecule has 6 heteroatoms. The molecule has 0 unspecified atom stereocenters. The van der Waals surface area contributed by atoms with E-state index in [0.717, 1.165) is 5.39 Å². The summed E-state index contributed by atoms with van der Waals surface area (Å²) < 4.78 is 24.7. The zero-order valence-electron chi connectivity index (χ0n) is 11.7. The Labute approximate surface area is 129 Å². The molecule has 0 saturated heterocycles. The van der Waals surface area contributed by atoms with Crippen molar-refractivity contribution in [3.63, 3.8) is 0 Å². The molecule has 0 amide bonds. The lowest BCUT2D eigenvalue weighted by atomic mass is 10.0. The highest BCUT2D eigenvalue weighted by Gasteiger charge is 2.16. The van der Waals surface area contributed by atoms with E-state index in [1.54, 1.807) is 12.1 Å². The maximum atomic E-state index is 14.2. The van der Waals surface area contributed by atoms with Gasteiger partial charge in [0.1, 0.15) is 23.2 Å². The highest BCUT2D eigenvalue weighted by atomic mass is 19.1. The highest BCUT2D eigenvalue weighted by Crippen LogP contribution is 2.32. The Bertz CT molecular complexity index is 1030. The number of nitriles is 1. The predicted molar refractivity (Wildman–Crippen MR) is 79.6 cm³/mol. The molecule has 23 heavy (non-hydrogen) atoms. The molecule has 4 rings (SSSR count). The number of fused-ring (bicyclic) bond motifs is 1. The van der Waals surface area contributed by atoms with Crippen molar-refractivity contribution in [2.24, 2.45) is 0 Å². The van der Waals surface area contributed by atoms with Crippen LogP contribution in [-0.4, -0.2) is 10.4 Å². The average Bonchev–Trinajstić information content (AvgIpc) is 3.21. The second-order valence-electron chi connectivity index (χ2n) is 4.91. The number of halogens is 1. The Balaban J connectivity index is 1.89. The summed E-state index contributed by atoms with van der Waals surface area (Å²) in [5.74, 6) is -0.0459. The average molecular weight is 305 g/mol. The molecule has 0 bridgehead atoms. The van der Waals surface area contributed by atoms with Gasteiger partial charge in [0.2, 0.25) is 0 Å². The van der Waals surface area contributed by atoms with Gasteiger partial charge in [0, 0.05) is 16.2 Å². The molecule has 2 aromatic heterocycles. The van der Waals surface area contributed by atoms with Crippen LogP contribution in [0.25, 0.3) is 33.6 Å². The number of furan rings is 1. The summed E-state index contributed by atoms with van der Waals surface area (Å²) in [5.41, 5.74) is 1.75. The van der Waals surface area contributed by atoms with E-state index < -0.39 is 5.82 Å². The van der Waals surface area contributed by atoms with Crippen LogP contribution in [0.4, 0.5) is 4.39 Å². The summed E-state index contributed by atoms with van der Waals surface area (Å²) in [5, 5.41) is 17.0. The standard InChI is InChI=1S/C17H8FN3O2/c18-13-6-5-11(17-16(9-19)23-21-20-17)7-12(13)15-8-10-3-1-2-4-14(10)22-15/h1-8H. The third-order valence-electron chi connectivity index (χ3n) is 3.52. The van der Waals surface area contributed by atoms with Gasteiger partial charge in [0.15, 0.2) is 5.69 Å². The molecule has 2 aromatic carbocycles. The smallest absolute Gasteiger partial charge is 0.264 e. The van der Waals surface area contributed by atoms with Gasteiger partial charge in [-0.1, -0.05) is 18.2 Å². The van der Waals surface area contributed by atoms with E-state index in [-0.39, 0.29) is 17.0 Å². The summed E-state index contributed by atoms with van der Waals surface area (Å²) in [6.45, 7) is 0. The van der Waals surface area contributed by atoms with Crippen molar-refractivity contribution < 1.29 is 13.3 Å². The van der Waals surface area contributed by atoms with Gasteiger partial charge in [-0.15, -0.1) is 5.10 Å². The molecule has 0 radical (unpaired) electrons. The normalized spacial score (nSPS) is 10.8. The van der Waals surface area contributed by atoms with Gasteiger partial charge >= 0.3 is 0 Å². The molecule has 4 aromatic rings. The van der Waals surface area contributed by atoms with E-state index in [1.165, 1.54) is 12.1 Å². The first-order valence-corrected chi connectivity index (χ1v) is 6.77. The summed E-state index contributed by atoms with van der Waals surface area (Å²) in [4.78, 5) is 0. The lowest BCUT2D eigenvalue weighted by Gasteiger charge is -2.02. The van der Waals surface area contributed by atoms with E-state index in [0.29, 0.717) is 16.9 Å². The van der Waals surface area contributed by atoms with Crippen molar-refractivity contribution in [2.75, 3.05) is 0 Å². The minimum atomic E-state index is -0.428. The Kier molecular flexibility index (Phi) is 2.91. The number of aromatic nitrogens is 2. The molecule has 0 aliphatic heterocycles. The molecule has 0 saturated carbocycles. The van der Waals surface area contributed by atoms with E-state index in [4.69, 9.17) is 14.2 Å². The molecule has 110 valence electrons. The van der Waals surface area contributed by atoms with E-state index >= 15 is 0 Å². The van der Waals surface area contributed by atoms with Crippen LogP contribution in [0, 0.1) is 17.1 Å². The van der Waals surface area contributed by atoms with E-state index in [2.05, 4.69) is 10.4 Å². The molecule has 2 heterocycles. The first-order valence-electron chi connectivity index (χ1n) is 6.77. The van der Waals surface area contributed by atoms with Crippen molar-refractivity contribution in [1.29, 1.82) is 5.26 Å². The third kappa shape index (κ3) is 2.15. The van der Waals surface area contributed by atoms with Gasteiger partial charge < -0.3 is 8.94 Å². The third-order valence-corrected chi connectivity index (χ3v) is 3.52. The lowest BCUT2D eigenvalue weighted by molar-refractivity contribution is 0.384. The maximum Gasteiger partial charge on any atom is 0.264 e. The van der Waals surface area contributed by atoms with Crippen LogP contribution in [0.15, 0.2) is 57.5 Å². The second kappa shape index (κ2) is 5.07. The number of benzene rings is 2. The fraction of sp³-hybridized carbons (Fsp3) is 0. The molecule has 0 N–H and O–H groups in total. The predicted octanol–water partition coefficient (Wildman–Crippen LogP) is 4.16. The summed E-state index contributed by atoms with van der Waals surface area (Å²) in [6, 6.07) is 15.4. The molecule has 0 atom stereocenters. The van der Waals surface area contributed by atoms with Crippen LogP contribution in [0.3, 0.4) is 0 Å². The summed E-state index contributed by atoms with van der Waals surface area (Å²) >= 11 is 0. The second-order valence-corrected chi connectivity index (χ2v) is 4.91. The van der Waals surface area contributed by atoms with Crippen molar-refractivity contribution in [1.82, 2.24) is 10.4 Å². The van der Waals surface area contributed by atoms with Crippen LogP contribution in [0.5, 0.6) is 0 Å². The molecule has 5 nitrogen and oxygen atoms in total. The minimum Gasteiger partial charge on any atom is -0.456 e. The zero-order chi connectivity index (χ0) is 15.8. The largest absolute Gasteiger partial charge is 0.456 e. The Morgan fingerprint density at radius 2 is 1.96 bits per heavy atom. The maximum absolute atomic E-state index is 14.2. The summed E-state index contributed by atoms with van der Waals surface area (Å²) in [7, 11) is 0. The fourth-order valence-corrected chi connectivity index (χ4v) is 2.43. The van der Waals surface area contributed by atoms with Crippen LogP contribution < -0.4 is 0 Å². The van der Waals surface area contributed by atoms with Crippen molar-refractivity contribution in [3.05, 3.63) is 60.1 Å². The zero-order valence-corrected chi connectivity index (χ0v) is 11.7. The fourth-order valence-electron chi connectivity index (χ4n) is 2.43. The molecule has 0 fully saturated rings. The lowest BCUT2D eigenvalue weighted by Crippen LogP contribution is -1.87. The van der Waals surface area contributed by atoms with Crippen LogP contribution >= 0.6 is 0 Å². The first-order chi connectivity index (χ1) is 11.3. The summed E-state index contributed by atoms with van der Waals surface area (Å²) in [6.07, 6.45) is 0. The number of rotatable bonds is 2. The molecule has 0 aliphatic rings. The SMILES string of the molecule is N#Cc1onnc1-c1ccc(F)c(-c2cc3ccccc3o2)c1. The number of hydrogen-bond acceptors (Lipinski definition) is 5. The van der Waals surface area contributed by atoms with Gasteiger partial charge in [0.05, 0.1) is 5.56 Å². The molecule has 0 aliphatic carbocycles. The molecular weight excluding hydrogens is 297 g/mol. The molecular formula is C17H8FN3O2. The quantitative estimate of drug-likeness (QED) is 0.555. The minimum absolute atomic E-state index is 0.0211. The van der Waals surface area contributed by atoms with E-state index in [9.17, 15) is 4.39 Å². The first kappa shape index (κ1) is 13.2. The highest BCUT2D eigenvalue weighted by molar-refractivity contribution is 5.83. The van der Waals surface area contributed by atoms with Crippen molar-refractivity contribution in [2.45, 2.75) is 0 Å². The number of nitrogens with zero attached hydrogens (tertiary/aromatic N) is 3.